The molecule has 0 saturated carbocycles. The van der Waals surface area contributed by atoms with Crippen molar-refractivity contribution < 1.29 is 14.6 Å². The quantitative estimate of drug-likeness (QED) is 0.633. The Kier molecular flexibility index (Phi) is 3.09. The number of aromatic carboxylic acids is 1. The summed E-state index contributed by atoms with van der Waals surface area (Å²) in [7, 11) is 0. The molecule has 1 aromatic carbocycles. The summed E-state index contributed by atoms with van der Waals surface area (Å²) in [5, 5.41) is 10.4. The van der Waals surface area contributed by atoms with Crippen molar-refractivity contribution in [3.63, 3.8) is 0 Å². The Hall–Kier alpha value is -1.77. The van der Waals surface area contributed by atoms with Crippen molar-refractivity contribution in [2.24, 2.45) is 0 Å². The molecule has 1 aromatic rings. The van der Waals surface area contributed by atoms with Gasteiger partial charge in [-0.05, 0) is 12.1 Å². The highest BCUT2D eigenvalue weighted by Crippen LogP contribution is 2.12. The monoisotopic (exact) mass is 177 g/mol. The van der Waals surface area contributed by atoms with Gasteiger partial charge in [-0.1, -0.05) is 24.8 Å². The maximum atomic E-state index is 10.4. The fraction of sp³-hybridized carbons (Fsp3) is 0.100. The van der Waals surface area contributed by atoms with Crippen molar-refractivity contribution in [3.8, 4) is 5.75 Å². The van der Waals surface area contributed by atoms with Gasteiger partial charge in [0.05, 0.1) is 5.97 Å². The van der Waals surface area contributed by atoms with Crippen LogP contribution < -0.4 is 9.84 Å². The van der Waals surface area contributed by atoms with Gasteiger partial charge in [0.15, 0.2) is 0 Å². The molecule has 0 aromatic heterocycles. The first-order chi connectivity index (χ1) is 6.24. The molecule has 0 spiro atoms. The number of carboxylic acids is 1. The zero-order valence-corrected chi connectivity index (χ0v) is 7.03. The molecule has 0 unspecified atom stereocenters. The summed E-state index contributed by atoms with van der Waals surface area (Å²) in [5.74, 6) is -0.703. The van der Waals surface area contributed by atoms with Crippen molar-refractivity contribution in [2.75, 3.05) is 6.61 Å². The van der Waals surface area contributed by atoms with Gasteiger partial charge in [0.25, 0.3) is 0 Å². The van der Waals surface area contributed by atoms with Crippen molar-refractivity contribution in [1.29, 1.82) is 0 Å². The van der Waals surface area contributed by atoms with Crippen LogP contribution >= 0.6 is 0 Å². The first-order valence-corrected chi connectivity index (χ1v) is 3.79. The normalized spacial score (nSPS) is 9.23. The molecule has 0 saturated heterocycles. The van der Waals surface area contributed by atoms with Crippen LogP contribution in [0.4, 0.5) is 0 Å². The Bertz CT molecular complexity index is 318. The molecule has 0 amide bonds. The van der Waals surface area contributed by atoms with Gasteiger partial charge in [-0.15, -0.1) is 0 Å². The minimum atomic E-state index is -1.20. The molecule has 0 bridgehead atoms. The van der Waals surface area contributed by atoms with Gasteiger partial charge in [-0.3, -0.25) is 0 Å². The molecule has 68 valence electrons. The molecule has 0 aliphatic heterocycles. The third-order valence-electron chi connectivity index (χ3n) is 1.44. The molecule has 0 fully saturated rings. The number of hydrogen-bond acceptors (Lipinski definition) is 3. The van der Waals surface area contributed by atoms with Crippen LogP contribution in [-0.2, 0) is 0 Å². The van der Waals surface area contributed by atoms with Crippen LogP contribution in [0.25, 0.3) is 0 Å². The van der Waals surface area contributed by atoms with E-state index < -0.39 is 5.97 Å². The zero-order chi connectivity index (χ0) is 9.68. The zero-order valence-electron chi connectivity index (χ0n) is 7.03. The number of benzene rings is 1. The number of carbonyl (C=O) groups excluding carboxylic acids is 1. The minimum Gasteiger partial charge on any atom is -0.545 e. The van der Waals surface area contributed by atoms with E-state index in [9.17, 15) is 9.90 Å². The lowest BCUT2D eigenvalue weighted by atomic mass is 10.2. The predicted octanol–water partition coefficient (Wildman–Crippen LogP) is 0.615. The van der Waals surface area contributed by atoms with Crippen molar-refractivity contribution >= 4 is 5.97 Å². The summed E-state index contributed by atoms with van der Waals surface area (Å²) in [6.07, 6.45) is 1.59. The second-order valence-electron chi connectivity index (χ2n) is 2.41. The first-order valence-electron chi connectivity index (χ1n) is 3.79. The van der Waals surface area contributed by atoms with E-state index in [0.717, 1.165) is 0 Å². The molecular formula is C10H9O3-. The Morgan fingerprint density at radius 1 is 1.62 bits per heavy atom. The van der Waals surface area contributed by atoms with Crippen molar-refractivity contribution in [1.82, 2.24) is 0 Å². The molecule has 0 aliphatic rings. The van der Waals surface area contributed by atoms with E-state index in [0.29, 0.717) is 12.4 Å². The van der Waals surface area contributed by atoms with Crippen LogP contribution in [0.3, 0.4) is 0 Å². The number of carboxylic acid groups (broad SMARTS) is 1. The molecule has 0 heterocycles. The van der Waals surface area contributed by atoms with Crippen LogP contribution in [0.5, 0.6) is 5.75 Å². The van der Waals surface area contributed by atoms with Gasteiger partial charge in [-0.2, -0.15) is 0 Å². The molecule has 3 nitrogen and oxygen atoms in total. The number of hydrogen-bond donors (Lipinski definition) is 0. The molecule has 0 aliphatic carbocycles. The lowest BCUT2D eigenvalue weighted by molar-refractivity contribution is -0.255. The fourth-order valence-electron chi connectivity index (χ4n) is 0.868. The predicted molar refractivity (Wildman–Crippen MR) is 46.5 cm³/mol. The number of carbonyl (C=O) groups is 1. The fourth-order valence-corrected chi connectivity index (χ4v) is 0.868. The van der Waals surface area contributed by atoms with E-state index in [2.05, 4.69) is 6.58 Å². The molecule has 3 heteroatoms. The number of rotatable bonds is 4. The molecule has 0 N–H and O–H groups in total. The lowest BCUT2D eigenvalue weighted by Gasteiger charge is -2.06. The van der Waals surface area contributed by atoms with Gasteiger partial charge >= 0.3 is 0 Å². The molecule has 0 radical (unpaired) electrons. The summed E-state index contributed by atoms with van der Waals surface area (Å²) in [5.41, 5.74) is 0.113. The minimum absolute atomic E-state index is 0.113. The maximum Gasteiger partial charge on any atom is 0.120 e. The smallest absolute Gasteiger partial charge is 0.120 e. The molecule has 0 atom stereocenters. The topological polar surface area (TPSA) is 49.4 Å². The summed E-state index contributed by atoms with van der Waals surface area (Å²) in [6.45, 7) is 3.84. The highest BCUT2D eigenvalue weighted by atomic mass is 16.5. The van der Waals surface area contributed by atoms with Crippen LogP contribution in [0, 0.1) is 0 Å². The SMILES string of the molecule is C=CCOc1cccc(C(=O)[O-])c1. The van der Waals surface area contributed by atoms with E-state index in [1.165, 1.54) is 12.1 Å². The average Bonchev–Trinajstić information content (AvgIpc) is 2.15. The van der Waals surface area contributed by atoms with Gasteiger partial charge in [-0.25, -0.2) is 0 Å². The van der Waals surface area contributed by atoms with Crippen molar-refractivity contribution in [2.45, 2.75) is 0 Å². The van der Waals surface area contributed by atoms with E-state index in [1.54, 1.807) is 18.2 Å². The third-order valence-corrected chi connectivity index (χ3v) is 1.44. The second-order valence-corrected chi connectivity index (χ2v) is 2.41. The maximum absolute atomic E-state index is 10.4. The average molecular weight is 177 g/mol. The van der Waals surface area contributed by atoms with Gasteiger partial charge in [0.2, 0.25) is 0 Å². The standard InChI is InChI=1S/C10H10O3/c1-2-6-13-9-5-3-4-8(7-9)10(11)12/h2-5,7H,1,6H2,(H,11,12)/p-1. The van der Waals surface area contributed by atoms with Crippen LogP contribution in [0.1, 0.15) is 10.4 Å². The molecule has 1 rings (SSSR count). The van der Waals surface area contributed by atoms with Gasteiger partial charge in [0, 0.05) is 5.56 Å². The van der Waals surface area contributed by atoms with E-state index in [1.807, 2.05) is 0 Å². The second kappa shape index (κ2) is 4.30. The highest BCUT2D eigenvalue weighted by Gasteiger charge is 1.95. The Labute approximate surface area is 76.3 Å². The van der Waals surface area contributed by atoms with Crippen LogP contribution in [0.15, 0.2) is 36.9 Å². The summed E-state index contributed by atoms with van der Waals surface area (Å²) >= 11 is 0. The lowest BCUT2D eigenvalue weighted by Crippen LogP contribution is -2.22. The summed E-state index contributed by atoms with van der Waals surface area (Å²) < 4.78 is 5.14. The van der Waals surface area contributed by atoms with Gasteiger partial charge in [0.1, 0.15) is 12.4 Å². The Balaban J connectivity index is 2.79. The van der Waals surface area contributed by atoms with Gasteiger partial charge < -0.3 is 14.6 Å². The third kappa shape index (κ3) is 2.63. The van der Waals surface area contributed by atoms with E-state index >= 15 is 0 Å². The van der Waals surface area contributed by atoms with E-state index in [4.69, 9.17) is 4.74 Å². The molecule has 13 heavy (non-hydrogen) atoms. The Morgan fingerprint density at radius 3 is 3.00 bits per heavy atom. The first kappa shape index (κ1) is 9.32. The number of ether oxygens (including phenoxy) is 1. The summed E-state index contributed by atoms with van der Waals surface area (Å²) in [4.78, 5) is 10.4. The highest BCUT2D eigenvalue weighted by molar-refractivity contribution is 5.86. The molecular weight excluding hydrogens is 168 g/mol. The Morgan fingerprint density at radius 2 is 2.38 bits per heavy atom. The largest absolute Gasteiger partial charge is 0.545 e. The van der Waals surface area contributed by atoms with Crippen molar-refractivity contribution in [3.05, 3.63) is 42.5 Å². The van der Waals surface area contributed by atoms with Crippen LogP contribution in [0.2, 0.25) is 0 Å². The summed E-state index contributed by atoms with van der Waals surface area (Å²) in [6, 6.07) is 6.15. The van der Waals surface area contributed by atoms with Crippen LogP contribution in [-0.4, -0.2) is 12.6 Å². The van der Waals surface area contributed by atoms with E-state index in [-0.39, 0.29) is 5.56 Å².